The molecule has 0 aliphatic carbocycles. The zero-order chi connectivity index (χ0) is 16.4. The largest absolute Gasteiger partial charge is 0.481 e. The molecular weight excluding hydrogens is 294 g/mol. The summed E-state index contributed by atoms with van der Waals surface area (Å²) in [5.74, 6) is 1.85. The summed E-state index contributed by atoms with van der Waals surface area (Å²) in [4.78, 5) is 24.5. The molecule has 2 aliphatic rings. The van der Waals surface area contributed by atoms with Gasteiger partial charge in [0, 0.05) is 38.7 Å². The van der Waals surface area contributed by atoms with Crippen LogP contribution in [0.1, 0.15) is 32.6 Å². The molecule has 1 aromatic rings. The van der Waals surface area contributed by atoms with Crippen molar-refractivity contribution in [3.05, 3.63) is 6.07 Å². The minimum absolute atomic E-state index is 0.236. The van der Waals surface area contributed by atoms with Gasteiger partial charge in [-0.3, -0.25) is 4.79 Å². The highest BCUT2D eigenvalue weighted by Crippen LogP contribution is 2.41. The maximum Gasteiger partial charge on any atom is 0.225 e. The van der Waals surface area contributed by atoms with Crippen LogP contribution in [0.25, 0.3) is 0 Å². The summed E-state index contributed by atoms with van der Waals surface area (Å²) in [7, 11) is 1.58. The minimum atomic E-state index is 0.236. The van der Waals surface area contributed by atoms with Crippen LogP contribution in [0.3, 0.4) is 0 Å². The molecule has 1 amide bonds. The number of methoxy groups -OCH3 is 1. The average Bonchev–Trinajstić information content (AvgIpc) is 2.57. The van der Waals surface area contributed by atoms with Gasteiger partial charge in [0.1, 0.15) is 5.82 Å². The summed E-state index contributed by atoms with van der Waals surface area (Å²) in [6.07, 6.45) is 3.83. The number of anilines is 2. The molecule has 23 heavy (non-hydrogen) atoms. The van der Waals surface area contributed by atoms with Gasteiger partial charge >= 0.3 is 0 Å². The lowest BCUT2D eigenvalue weighted by Gasteiger charge is -2.47. The molecule has 2 fully saturated rings. The number of amides is 1. The lowest BCUT2D eigenvalue weighted by Crippen LogP contribution is -2.51. The van der Waals surface area contributed by atoms with Crippen LogP contribution >= 0.6 is 0 Å². The molecule has 2 aliphatic heterocycles. The van der Waals surface area contributed by atoms with Gasteiger partial charge in [0.05, 0.1) is 7.11 Å². The van der Waals surface area contributed by atoms with Gasteiger partial charge in [0.25, 0.3) is 0 Å². The highest BCUT2D eigenvalue weighted by Gasteiger charge is 2.40. The molecule has 0 unspecified atom stereocenters. The quantitative estimate of drug-likeness (QED) is 0.904. The molecule has 2 N–H and O–H groups in total. The lowest BCUT2D eigenvalue weighted by molar-refractivity contribution is -0.137. The first kappa shape index (κ1) is 15.8. The van der Waals surface area contributed by atoms with Crippen molar-refractivity contribution in [2.24, 2.45) is 5.41 Å². The number of rotatable bonds is 3. The van der Waals surface area contributed by atoms with E-state index in [1.807, 2.05) is 11.0 Å². The van der Waals surface area contributed by atoms with Crippen molar-refractivity contribution >= 4 is 17.7 Å². The van der Waals surface area contributed by atoms with E-state index in [1.165, 1.54) is 0 Å². The van der Waals surface area contributed by atoms with Gasteiger partial charge in [0.15, 0.2) is 0 Å². The Morgan fingerprint density at radius 3 is 2.70 bits per heavy atom. The summed E-state index contributed by atoms with van der Waals surface area (Å²) in [6, 6.07) is 1.83. The Morgan fingerprint density at radius 1 is 1.30 bits per heavy atom. The summed E-state index contributed by atoms with van der Waals surface area (Å²) in [6.45, 7) is 5.61. The van der Waals surface area contributed by atoms with Crippen LogP contribution in [0.2, 0.25) is 0 Å². The van der Waals surface area contributed by atoms with Gasteiger partial charge in [-0.05, 0) is 31.6 Å². The molecule has 1 spiro atoms. The number of ether oxygens (including phenoxy) is 1. The first-order chi connectivity index (χ1) is 11.0. The highest BCUT2D eigenvalue weighted by molar-refractivity contribution is 5.77. The Kier molecular flexibility index (Phi) is 4.28. The van der Waals surface area contributed by atoms with Crippen molar-refractivity contribution in [1.29, 1.82) is 0 Å². The number of aromatic nitrogens is 2. The second-order valence-electron chi connectivity index (χ2n) is 6.52. The molecule has 1 aromatic heterocycles. The second kappa shape index (κ2) is 6.22. The molecule has 3 heterocycles. The van der Waals surface area contributed by atoms with E-state index in [0.717, 1.165) is 51.3 Å². The number of nitrogens with zero attached hydrogens (tertiary/aromatic N) is 4. The van der Waals surface area contributed by atoms with Gasteiger partial charge in [-0.15, -0.1) is 0 Å². The minimum Gasteiger partial charge on any atom is -0.481 e. The van der Waals surface area contributed by atoms with Crippen LogP contribution < -0.4 is 15.4 Å². The highest BCUT2D eigenvalue weighted by atomic mass is 16.5. The fraction of sp³-hybridized carbons (Fsp3) is 0.688. The van der Waals surface area contributed by atoms with Gasteiger partial charge < -0.3 is 20.3 Å². The van der Waals surface area contributed by atoms with E-state index in [2.05, 4.69) is 21.8 Å². The number of piperidine rings is 2. The third kappa shape index (κ3) is 3.18. The van der Waals surface area contributed by atoms with Gasteiger partial charge in [-0.2, -0.15) is 9.97 Å². The van der Waals surface area contributed by atoms with Gasteiger partial charge in [0.2, 0.25) is 17.7 Å². The molecule has 0 atom stereocenters. The topological polar surface area (TPSA) is 84.6 Å². The third-order valence-corrected chi connectivity index (χ3v) is 5.19. The van der Waals surface area contributed by atoms with E-state index >= 15 is 0 Å². The maximum atomic E-state index is 11.9. The van der Waals surface area contributed by atoms with Crippen molar-refractivity contribution in [2.45, 2.75) is 32.6 Å². The molecule has 2 saturated heterocycles. The molecule has 7 nitrogen and oxygen atoms in total. The first-order valence-corrected chi connectivity index (χ1v) is 8.26. The Hall–Kier alpha value is -2.05. The van der Waals surface area contributed by atoms with E-state index in [0.29, 0.717) is 18.2 Å². The van der Waals surface area contributed by atoms with Crippen LogP contribution in [0.4, 0.5) is 11.8 Å². The van der Waals surface area contributed by atoms with Crippen LogP contribution in [-0.2, 0) is 4.79 Å². The molecule has 126 valence electrons. The third-order valence-electron chi connectivity index (χ3n) is 5.19. The molecule has 7 heteroatoms. The summed E-state index contributed by atoms with van der Waals surface area (Å²) in [5.41, 5.74) is 6.02. The number of carbonyl (C=O) groups excluding carboxylic acids is 1. The van der Waals surface area contributed by atoms with E-state index in [1.54, 1.807) is 7.11 Å². The zero-order valence-electron chi connectivity index (χ0n) is 13.9. The Balaban J connectivity index is 1.69. The van der Waals surface area contributed by atoms with Gasteiger partial charge in [-0.25, -0.2) is 0 Å². The Morgan fingerprint density at radius 2 is 2.04 bits per heavy atom. The predicted octanol–water partition coefficient (Wildman–Crippen LogP) is 1.30. The van der Waals surface area contributed by atoms with E-state index in [9.17, 15) is 4.79 Å². The second-order valence-corrected chi connectivity index (χ2v) is 6.52. The van der Waals surface area contributed by atoms with Crippen LogP contribution in [0.15, 0.2) is 6.07 Å². The van der Waals surface area contributed by atoms with Crippen molar-refractivity contribution < 1.29 is 9.53 Å². The monoisotopic (exact) mass is 319 g/mol. The number of nitrogens with two attached hydrogens (primary N) is 1. The molecule has 0 bridgehead atoms. The Bertz CT molecular complexity index is 584. The van der Waals surface area contributed by atoms with Crippen molar-refractivity contribution in [3.8, 4) is 5.88 Å². The number of hydrogen-bond donors (Lipinski definition) is 1. The van der Waals surface area contributed by atoms with Crippen LogP contribution in [0.5, 0.6) is 5.88 Å². The number of likely N-dealkylation sites (tertiary alicyclic amines) is 1. The van der Waals surface area contributed by atoms with E-state index in [4.69, 9.17) is 10.5 Å². The van der Waals surface area contributed by atoms with Crippen molar-refractivity contribution in [3.63, 3.8) is 0 Å². The molecule has 0 radical (unpaired) electrons. The molecule has 0 saturated carbocycles. The molecule has 0 aromatic carbocycles. The normalized spacial score (nSPS) is 20.9. The summed E-state index contributed by atoms with van der Waals surface area (Å²) in [5, 5.41) is 0. The summed E-state index contributed by atoms with van der Waals surface area (Å²) < 4.78 is 5.17. The van der Waals surface area contributed by atoms with Crippen molar-refractivity contribution in [2.75, 3.05) is 43.9 Å². The van der Waals surface area contributed by atoms with Gasteiger partial charge in [-0.1, -0.05) is 0 Å². The number of nitrogen functional groups attached to an aromatic ring is 1. The fourth-order valence-electron chi connectivity index (χ4n) is 3.71. The maximum absolute atomic E-state index is 11.9. The smallest absolute Gasteiger partial charge is 0.225 e. The number of carbonyl (C=O) groups is 1. The van der Waals surface area contributed by atoms with Crippen molar-refractivity contribution in [1.82, 2.24) is 14.9 Å². The standard InChI is InChI=1S/C16H25N5O2/c1-3-20-11-16(5-4-14(20)22)6-8-21(9-7-16)12-10-13(23-2)19-15(17)18-12/h10H,3-9,11H2,1-2H3,(H2,17,18,19). The first-order valence-electron chi connectivity index (χ1n) is 8.26. The van der Waals surface area contributed by atoms with Crippen LogP contribution in [0, 0.1) is 5.41 Å². The lowest BCUT2D eigenvalue weighted by atomic mass is 9.72. The molecular formula is C16H25N5O2. The number of hydrogen-bond acceptors (Lipinski definition) is 6. The van der Waals surface area contributed by atoms with Crippen LogP contribution in [-0.4, -0.2) is 54.1 Å². The zero-order valence-corrected chi connectivity index (χ0v) is 13.9. The SMILES string of the molecule is CCN1CC2(CCC1=O)CCN(c1cc(OC)nc(N)n1)CC2. The average molecular weight is 319 g/mol. The molecule has 3 rings (SSSR count). The fourth-order valence-corrected chi connectivity index (χ4v) is 3.71. The van der Waals surface area contributed by atoms with E-state index in [-0.39, 0.29) is 11.4 Å². The Labute approximate surface area is 136 Å². The predicted molar refractivity (Wildman–Crippen MR) is 88.4 cm³/mol. The summed E-state index contributed by atoms with van der Waals surface area (Å²) >= 11 is 0. The van der Waals surface area contributed by atoms with E-state index < -0.39 is 0 Å².